The van der Waals surface area contributed by atoms with Crippen LogP contribution in [0.25, 0.3) is 0 Å². The van der Waals surface area contributed by atoms with Crippen LogP contribution in [-0.2, 0) is 4.79 Å². The second-order valence-electron chi connectivity index (χ2n) is 5.71. The molecule has 0 bridgehead atoms. The number of hydrogen-bond acceptors (Lipinski definition) is 3. The maximum Gasteiger partial charge on any atom is 0.240 e. The van der Waals surface area contributed by atoms with E-state index in [2.05, 4.69) is 24.1 Å². The van der Waals surface area contributed by atoms with Gasteiger partial charge in [-0.2, -0.15) is 0 Å². The van der Waals surface area contributed by atoms with Crippen molar-refractivity contribution in [3.63, 3.8) is 0 Å². The van der Waals surface area contributed by atoms with Crippen molar-refractivity contribution in [3.8, 4) is 0 Å². The molecule has 0 radical (unpaired) electrons. The number of nitrogens with zero attached hydrogens (tertiary/aromatic N) is 2. The van der Waals surface area contributed by atoms with Crippen LogP contribution >= 0.6 is 0 Å². The molecule has 0 aromatic carbocycles. The van der Waals surface area contributed by atoms with Gasteiger partial charge in [0.1, 0.15) is 0 Å². The van der Waals surface area contributed by atoms with E-state index in [-0.39, 0.29) is 6.04 Å². The molecule has 0 aromatic heterocycles. The summed E-state index contributed by atoms with van der Waals surface area (Å²) in [4.78, 5) is 16.7. The Balaban J connectivity index is 1.80. The van der Waals surface area contributed by atoms with E-state index in [1.807, 2.05) is 4.90 Å². The number of carbonyl (C=O) groups is 1. The molecule has 2 aliphatic heterocycles. The highest BCUT2D eigenvalue weighted by molar-refractivity contribution is 5.83. The standard InChI is InChI=1S/C14H27N3O/c1-3-7-13-14(18)17(11-15-13)10-12(2)16-8-5-4-6-9-16/h12-13,15H,3-11H2,1-2H3. The predicted octanol–water partition coefficient (Wildman–Crippen LogP) is 1.42. The molecule has 0 saturated carbocycles. The third-order valence-electron chi connectivity index (χ3n) is 4.21. The molecule has 0 aliphatic carbocycles. The number of amides is 1. The van der Waals surface area contributed by atoms with Crippen molar-refractivity contribution in [2.75, 3.05) is 26.3 Å². The van der Waals surface area contributed by atoms with Crippen LogP contribution in [0.2, 0.25) is 0 Å². The maximum atomic E-state index is 12.2. The molecule has 1 N–H and O–H groups in total. The Morgan fingerprint density at radius 2 is 2.06 bits per heavy atom. The molecule has 0 aromatic rings. The van der Waals surface area contributed by atoms with E-state index in [1.165, 1.54) is 32.4 Å². The van der Waals surface area contributed by atoms with Crippen LogP contribution in [0.1, 0.15) is 46.0 Å². The number of piperidine rings is 1. The highest BCUT2D eigenvalue weighted by atomic mass is 16.2. The first kappa shape index (κ1) is 13.8. The first-order valence-corrected chi connectivity index (χ1v) is 7.48. The minimum absolute atomic E-state index is 0.0727. The summed E-state index contributed by atoms with van der Waals surface area (Å²) in [6.45, 7) is 8.41. The van der Waals surface area contributed by atoms with E-state index in [9.17, 15) is 4.79 Å². The average molecular weight is 253 g/mol. The third-order valence-corrected chi connectivity index (χ3v) is 4.21. The number of rotatable bonds is 5. The van der Waals surface area contributed by atoms with Crippen molar-refractivity contribution in [2.24, 2.45) is 0 Å². The summed E-state index contributed by atoms with van der Waals surface area (Å²) in [6, 6.07) is 0.569. The van der Waals surface area contributed by atoms with Gasteiger partial charge in [-0.25, -0.2) is 0 Å². The monoisotopic (exact) mass is 253 g/mol. The van der Waals surface area contributed by atoms with Crippen molar-refractivity contribution in [1.82, 2.24) is 15.1 Å². The lowest BCUT2D eigenvalue weighted by Gasteiger charge is -2.34. The van der Waals surface area contributed by atoms with Gasteiger partial charge in [-0.1, -0.05) is 19.8 Å². The van der Waals surface area contributed by atoms with Crippen LogP contribution in [0.4, 0.5) is 0 Å². The second-order valence-corrected chi connectivity index (χ2v) is 5.71. The van der Waals surface area contributed by atoms with Gasteiger partial charge in [-0.15, -0.1) is 0 Å². The lowest BCUT2D eigenvalue weighted by Crippen LogP contribution is -2.45. The van der Waals surface area contributed by atoms with E-state index >= 15 is 0 Å². The third kappa shape index (κ3) is 3.23. The first-order chi connectivity index (χ1) is 8.72. The minimum atomic E-state index is 0.0727. The molecule has 2 atom stereocenters. The van der Waals surface area contributed by atoms with Crippen LogP contribution in [0.3, 0.4) is 0 Å². The normalized spacial score (nSPS) is 27.8. The molecule has 1 amide bonds. The summed E-state index contributed by atoms with van der Waals surface area (Å²) in [7, 11) is 0. The lowest BCUT2D eigenvalue weighted by molar-refractivity contribution is -0.129. The molecule has 4 nitrogen and oxygen atoms in total. The summed E-state index contributed by atoms with van der Waals surface area (Å²) in [5, 5.41) is 3.32. The van der Waals surface area contributed by atoms with Gasteiger partial charge in [-0.3, -0.25) is 15.0 Å². The fraction of sp³-hybridized carbons (Fsp3) is 0.929. The van der Waals surface area contributed by atoms with Crippen molar-refractivity contribution in [1.29, 1.82) is 0 Å². The Morgan fingerprint density at radius 1 is 1.33 bits per heavy atom. The molecule has 2 fully saturated rings. The molecule has 2 saturated heterocycles. The quantitative estimate of drug-likeness (QED) is 0.805. The molecule has 2 unspecified atom stereocenters. The summed E-state index contributed by atoms with van der Waals surface area (Å²) in [6.07, 6.45) is 6.03. The summed E-state index contributed by atoms with van der Waals surface area (Å²) in [5.74, 6) is 0.306. The van der Waals surface area contributed by atoms with Crippen molar-refractivity contribution in [2.45, 2.75) is 58.0 Å². The first-order valence-electron chi connectivity index (χ1n) is 7.48. The van der Waals surface area contributed by atoms with Gasteiger partial charge >= 0.3 is 0 Å². The zero-order valence-corrected chi connectivity index (χ0v) is 11.8. The van der Waals surface area contributed by atoms with E-state index in [1.54, 1.807) is 0 Å². The number of hydrogen-bond donors (Lipinski definition) is 1. The van der Waals surface area contributed by atoms with Gasteiger partial charge in [0, 0.05) is 12.6 Å². The SMILES string of the molecule is CCCC1NCN(CC(C)N2CCCCC2)C1=O. The van der Waals surface area contributed by atoms with Crippen LogP contribution in [0, 0.1) is 0 Å². The maximum absolute atomic E-state index is 12.2. The Labute approximate surface area is 111 Å². The Morgan fingerprint density at radius 3 is 2.72 bits per heavy atom. The average Bonchev–Trinajstić information content (AvgIpc) is 2.73. The van der Waals surface area contributed by atoms with E-state index in [0.29, 0.717) is 11.9 Å². The Bertz CT molecular complexity index is 276. The molecule has 2 aliphatic rings. The van der Waals surface area contributed by atoms with Gasteiger partial charge in [0.2, 0.25) is 5.91 Å². The van der Waals surface area contributed by atoms with Crippen LogP contribution in [0.5, 0.6) is 0 Å². The highest BCUT2D eigenvalue weighted by Crippen LogP contribution is 2.15. The van der Waals surface area contributed by atoms with Gasteiger partial charge in [0.25, 0.3) is 0 Å². The molecule has 0 spiro atoms. The molecular weight excluding hydrogens is 226 g/mol. The molecule has 2 heterocycles. The predicted molar refractivity (Wildman–Crippen MR) is 73.3 cm³/mol. The van der Waals surface area contributed by atoms with Crippen molar-refractivity contribution < 1.29 is 4.79 Å². The number of nitrogens with one attached hydrogen (secondary N) is 1. The van der Waals surface area contributed by atoms with Crippen molar-refractivity contribution >= 4 is 5.91 Å². The minimum Gasteiger partial charge on any atom is -0.327 e. The Kier molecular flexibility index (Phi) is 5.01. The second kappa shape index (κ2) is 6.53. The Hall–Kier alpha value is -0.610. The molecule has 104 valence electrons. The fourth-order valence-corrected chi connectivity index (χ4v) is 3.07. The molecular formula is C14H27N3O. The van der Waals surface area contributed by atoms with Gasteiger partial charge < -0.3 is 4.90 Å². The van der Waals surface area contributed by atoms with Gasteiger partial charge in [-0.05, 0) is 39.3 Å². The molecule has 18 heavy (non-hydrogen) atoms. The van der Waals surface area contributed by atoms with Crippen molar-refractivity contribution in [3.05, 3.63) is 0 Å². The summed E-state index contributed by atoms with van der Waals surface area (Å²) in [5.41, 5.74) is 0. The summed E-state index contributed by atoms with van der Waals surface area (Å²) >= 11 is 0. The number of likely N-dealkylation sites (tertiary alicyclic amines) is 1. The largest absolute Gasteiger partial charge is 0.327 e. The lowest BCUT2D eigenvalue weighted by atomic mass is 10.1. The number of carbonyl (C=O) groups excluding carboxylic acids is 1. The summed E-state index contributed by atoms with van der Waals surface area (Å²) < 4.78 is 0. The molecule has 2 rings (SSSR count). The highest BCUT2D eigenvalue weighted by Gasteiger charge is 2.31. The van der Waals surface area contributed by atoms with Gasteiger partial charge in [0.15, 0.2) is 0 Å². The van der Waals surface area contributed by atoms with E-state index < -0.39 is 0 Å². The van der Waals surface area contributed by atoms with Crippen LogP contribution < -0.4 is 5.32 Å². The van der Waals surface area contributed by atoms with E-state index in [4.69, 9.17) is 0 Å². The fourth-order valence-electron chi connectivity index (χ4n) is 3.07. The molecule has 4 heteroatoms. The smallest absolute Gasteiger partial charge is 0.240 e. The zero-order chi connectivity index (χ0) is 13.0. The van der Waals surface area contributed by atoms with Crippen LogP contribution in [0.15, 0.2) is 0 Å². The zero-order valence-electron chi connectivity index (χ0n) is 11.8. The van der Waals surface area contributed by atoms with Gasteiger partial charge in [0.05, 0.1) is 12.7 Å². The topological polar surface area (TPSA) is 35.6 Å². The van der Waals surface area contributed by atoms with E-state index in [0.717, 1.165) is 26.1 Å². The van der Waals surface area contributed by atoms with Crippen LogP contribution in [-0.4, -0.2) is 54.1 Å².